The van der Waals surface area contributed by atoms with Crippen molar-refractivity contribution in [2.75, 3.05) is 32.9 Å². The summed E-state index contributed by atoms with van der Waals surface area (Å²) in [6.07, 6.45) is 8.17. The Morgan fingerprint density at radius 2 is 2.32 bits per heavy atom. The van der Waals surface area contributed by atoms with Crippen molar-refractivity contribution < 1.29 is 14.6 Å². The fourth-order valence-corrected chi connectivity index (χ4v) is 3.40. The molecule has 6 heteroatoms. The lowest BCUT2D eigenvalue weighted by Gasteiger charge is -2.26. The van der Waals surface area contributed by atoms with E-state index in [9.17, 15) is 5.11 Å². The standard InChI is InChI=1S/C16H27N3O3/c20-15(12-21-13-16-5-2-9-22-16)11-18-7-1-4-14(18)10-19-8-3-6-17-19/h3,6,8,14-16,20H,1-2,4-5,7,9-13H2/t14-,15+,16-/m1/s1. The molecule has 3 atom stereocenters. The Labute approximate surface area is 132 Å². The first-order valence-corrected chi connectivity index (χ1v) is 8.40. The van der Waals surface area contributed by atoms with Crippen LogP contribution in [0.15, 0.2) is 18.5 Å². The summed E-state index contributed by atoms with van der Waals surface area (Å²) in [6, 6.07) is 2.42. The van der Waals surface area contributed by atoms with E-state index in [-0.39, 0.29) is 6.10 Å². The van der Waals surface area contributed by atoms with Crippen LogP contribution in [0.3, 0.4) is 0 Å². The first kappa shape index (κ1) is 15.9. The van der Waals surface area contributed by atoms with Gasteiger partial charge in [-0.15, -0.1) is 0 Å². The van der Waals surface area contributed by atoms with Crippen LogP contribution in [0.4, 0.5) is 0 Å². The van der Waals surface area contributed by atoms with Gasteiger partial charge in [-0.3, -0.25) is 9.58 Å². The molecule has 6 nitrogen and oxygen atoms in total. The van der Waals surface area contributed by atoms with Crippen LogP contribution in [-0.2, 0) is 16.0 Å². The maximum atomic E-state index is 10.2. The number of aromatic nitrogens is 2. The van der Waals surface area contributed by atoms with Crippen LogP contribution in [0.2, 0.25) is 0 Å². The Bertz CT molecular complexity index is 420. The third-order valence-corrected chi connectivity index (χ3v) is 4.54. The van der Waals surface area contributed by atoms with Crippen LogP contribution in [0.5, 0.6) is 0 Å². The van der Waals surface area contributed by atoms with E-state index < -0.39 is 6.10 Å². The highest BCUT2D eigenvalue weighted by atomic mass is 16.5. The zero-order chi connectivity index (χ0) is 15.2. The normalized spacial score (nSPS) is 27.5. The molecule has 0 amide bonds. The predicted octanol–water partition coefficient (Wildman–Crippen LogP) is 0.904. The van der Waals surface area contributed by atoms with Gasteiger partial charge in [-0.2, -0.15) is 5.10 Å². The summed E-state index contributed by atoms with van der Waals surface area (Å²) >= 11 is 0. The molecule has 124 valence electrons. The fraction of sp³-hybridized carbons (Fsp3) is 0.812. The summed E-state index contributed by atoms with van der Waals surface area (Å²) in [4.78, 5) is 2.36. The lowest BCUT2D eigenvalue weighted by atomic mass is 10.2. The van der Waals surface area contributed by atoms with E-state index >= 15 is 0 Å². The molecule has 3 rings (SSSR count). The van der Waals surface area contributed by atoms with Gasteiger partial charge in [-0.25, -0.2) is 0 Å². The smallest absolute Gasteiger partial charge is 0.0900 e. The third kappa shape index (κ3) is 4.52. The maximum absolute atomic E-state index is 10.2. The van der Waals surface area contributed by atoms with Crippen molar-refractivity contribution in [3.05, 3.63) is 18.5 Å². The van der Waals surface area contributed by atoms with E-state index in [0.29, 0.717) is 25.8 Å². The number of hydrogen-bond acceptors (Lipinski definition) is 5. The molecular formula is C16H27N3O3. The van der Waals surface area contributed by atoms with Crippen molar-refractivity contribution in [3.8, 4) is 0 Å². The second-order valence-corrected chi connectivity index (χ2v) is 6.35. The predicted molar refractivity (Wildman–Crippen MR) is 82.6 cm³/mol. The Hall–Kier alpha value is -0.950. The van der Waals surface area contributed by atoms with E-state index in [1.54, 1.807) is 0 Å². The average molecular weight is 309 g/mol. The third-order valence-electron chi connectivity index (χ3n) is 4.54. The molecule has 1 aromatic rings. The summed E-state index contributed by atoms with van der Waals surface area (Å²) in [5, 5.41) is 14.5. The molecule has 0 spiro atoms. The number of nitrogens with zero attached hydrogens (tertiary/aromatic N) is 3. The van der Waals surface area contributed by atoms with E-state index in [4.69, 9.17) is 9.47 Å². The molecule has 0 radical (unpaired) electrons. The van der Waals surface area contributed by atoms with Gasteiger partial charge in [0.2, 0.25) is 0 Å². The highest BCUT2D eigenvalue weighted by Crippen LogP contribution is 2.19. The van der Waals surface area contributed by atoms with Gasteiger partial charge in [-0.05, 0) is 38.3 Å². The van der Waals surface area contributed by atoms with Crippen LogP contribution in [-0.4, -0.2) is 70.9 Å². The minimum atomic E-state index is -0.431. The Kier molecular flexibility index (Phi) is 5.83. The summed E-state index contributed by atoms with van der Waals surface area (Å²) in [5.74, 6) is 0. The monoisotopic (exact) mass is 309 g/mol. The summed E-state index contributed by atoms with van der Waals surface area (Å²) in [6.45, 7) is 4.47. The SMILES string of the molecule is O[C@H](COC[C@H]1CCCO1)CN1CCC[C@@H]1Cn1cccn1. The molecule has 1 aromatic heterocycles. The van der Waals surface area contributed by atoms with Crippen molar-refractivity contribution in [2.45, 2.75) is 50.5 Å². The van der Waals surface area contributed by atoms with Crippen LogP contribution >= 0.6 is 0 Å². The molecule has 2 aliphatic rings. The Balaban J connectivity index is 1.37. The topological polar surface area (TPSA) is 59.8 Å². The number of hydrogen-bond donors (Lipinski definition) is 1. The van der Waals surface area contributed by atoms with Crippen molar-refractivity contribution in [2.24, 2.45) is 0 Å². The zero-order valence-corrected chi connectivity index (χ0v) is 13.1. The number of ether oxygens (including phenoxy) is 2. The molecule has 3 heterocycles. The van der Waals surface area contributed by atoms with Crippen LogP contribution in [0.1, 0.15) is 25.7 Å². The van der Waals surface area contributed by atoms with Gasteiger partial charge in [0, 0.05) is 31.6 Å². The van der Waals surface area contributed by atoms with Gasteiger partial charge in [0.25, 0.3) is 0 Å². The highest BCUT2D eigenvalue weighted by molar-refractivity contribution is 4.84. The summed E-state index contributed by atoms with van der Waals surface area (Å²) in [5.41, 5.74) is 0. The van der Waals surface area contributed by atoms with Crippen LogP contribution < -0.4 is 0 Å². The van der Waals surface area contributed by atoms with Crippen molar-refractivity contribution >= 4 is 0 Å². The molecule has 0 bridgehead atoms. The van der Waals surface area contributed by atoms with Gasteiger partial charge in [0.15, 0.2) is 0 Å². The quantitative estimate of drug-likeness (QED) is 0.773. The zero-order valence-electron chi connectivity index (χ0n) is 13.1. The molecule has 2 aliphatic heterocycles. The van der Waals surface area contributed by atoms with E-state index in [2.05, 4.69) is 10.00 Å². The van der Waals surface area contributed by atoms with Crippen molar-refractivity contribution in [1.82, 2.24) is 14.7 Å². The number of likely N-dealkylation sites (tertiary alicyclic amines) is 1. The average Bonchev–Trinajstić information content (AvgIpc) is 3.23. The van der Waals surface area contributed by atoms with E-state index in [1.165, 1.54) is 12.8 Å². The number of aliphatic hydroxyl groups excluding tert-OH is 1. The lowest BCUT2D eigenvalue weighted by molar-refractivity contribution is -0.0265. The lowest BCUT2D eigenvalue weighted by Crippen LogP contribution is -2.40. The van der Waals surface area contributed by atoms with Gasteiger partial charge in [0.1, 0.15) is 0 Å². The largest absolute Gasteiger partial charge is 0.389 e. The first-order valence-electron chi connectivity index (χ1n) is 8.40. The maximum Gasteiger partial charge on any atom is 0.0900 e. The molecule has 0 aliphatic carbocycles. The van der Waals surface area contributed by atoms with Crippen LogP contribution in [0.25, 0.3) is 0 Å². The highest BCUT2D eigenvalue weighted by Gasteiger charge is 2.27. The molecule has 0 aromatic carbocycles. The summed E-state index contributed by atoms with van der Waals surface area (Å²) in [7, 11) is 0. The fourth-order valence-electron chi connectivity index (χ4n) is 3.40. The number of aliphatic hydroxyl groups is 1. The number of rotatable bonds is 8. The Morgan fingerprint density at radius 3 is 3.09 bits per heavy atom. The molecule has 2 fully saturated rings. The molecule has 22 heavy (non-hydrogen) atoms. The second kappa shape index (κ2) is 8.06. The molecule has 0 saturated carbocycles. The molecule has 1 N–H and O–H groups in total. The van der Waals surface area contributed by atoms with E-state index in [1.807, 2.05) is 23.1 Å². The minimum absolute atomic E-state index is 0.228. The second-order valence-electron chi connectivity index (χ2n) is 6.35. The van der Waals surface area contributed by atoms with Gasteiger partial charge in [-0.1, -0.05) is 0 Å². The van der Waals surface area contributed by atoms with Gasteiger partial charge in [0.05, 0.1) is 32.0 Å². The Morgan fingerprint density at radius 1 is 1.36 bits per heavy atom. The molecule has 0 unspecified atom stereocenters. The molecule has 2 saturated heterocycles. The van der Waals surface area contributed by atoms with Crippen molar-refractivity contribution in [1.29, 1.82) is 0 Å². The first-order chi connectivity index (χ1) is 10.8. The minimum Gasteiger partial charge on any atom is -0.389 e. The van der Waals surface area contributed by atoms with E-state index in [0.717, 1.165) is 32.5 Å². The van der Waals surface area contributed by atoms with Crippen molar-refractivity contribution in [3.63, 3.8) is 0 Å². The van der Waals surface area contributed by atoms with Gasteiger partial charge < -0.3 is 14.6 Å². The molecular weight excluding hydrogens is 282 g/mol. The summed E-state index contributed by atoms with van der Waals surface area (Å²) < 4.78 is 13.1. The van der Waals surface area contributed by atoms with Crippen LogP contribution in [0, 0.1) is 0 Å². The van der Waals surface area contributed by atoms with Gasteiger partial charge >= 0.3 is 0 Å². The number of β-amino-alcohol motifs (C(OH)–C–C–N with tert-alkyl or cyclic N) is 1.